The summed E-state index contributed by atoms with van der Waals surface area (Å²) in [7, 11) is 2.25. The van der Waals surface area contributed by atoms with Gasteiger partial charge in [0.25, 0.3) is 0 Å². The van der Waals surface area contributed by atoms with Gasteiger partial charge < -0.3 is 15.5 Å². The number of nitrogen functional groups attached to an aromatic ring is 1. The Labute approximate surface area is 156 Å². The number of anilines is 2. The van der Waals surface area contributed by atoms with Crippen LogP contribution >= 0.6 is 0 Å². The molecule has 1 aromatic carbocycles. The van der Waals surface area contributed by atoms with Crippen molar-refractivity contribution >= 4 is 17.4 Å². The first kappa shape index (κ1) is 17.5. The molecule has 0 spiro atoms. The molecule has 1 aliphatic carbocycles. The van der Waals surface area contributed by atoms with Crippen LogP contribution in [0.3, 0.4) is 0 Å². The summed E-state index contributed by atoms with van der Waals surface area (Å²) in [6, 6.07) is 4.79. The Morgan fingerprint density at radius 3 is 2.85 bits per heavy atom. The van der Waals surface area contributed by atoms with Gasteiger partial charge in [0.2, 0.25) is 0 Å². The van der Waals surface area contributed by atoms with E-state index in [4.69, 9.17) is 5.73 Å². The summed E-state index contributed by atoms with van der Waals surface area (Å²) in [6.45, 7) is 7.47. The molecule has 3 aliphatic rings. The van der Waals surface area contributed by atoms with Gasteiger partial charge in [-0.1, -0.05) is 0 Å². The van der Waals surface area contributed by atoms with Crippen molar-refractivity contribution in [3.05, 3.63) is 23.3 Å². The molecule has 6 heteroatoms. The van der Waals surface area contributed by atoms with Crippen LogP contribution in [0.2, 0.25) is 0 Å². The van der Waals surface area contributed by atoms with Crippen molar-refractivity contribution in [3.8, 4) is 0 Å². The van der Waals surface area contributed by atoms with Gasteiger partial charge >= 0.3 is 6.03 Å². The van der Waals surface area contributed by atoms with E-state index in [1.54, 1.807) is 0 Å². The van der Waals surface area contributed by atoms with Crippen LogP contribution in [-0.2, 0) is 0 Å². The molecule has 3 N–H and O–H groups in total. The van der Waals surface area contributed by atoms with Crippen LogP contribution in [0.4, 0.5) is 16.2 Å². The maximum absolute atomic E-state index is 12.6. The number of amides is 2. The zero-order valence-electron chi connectivity index (χ0n) is 16.2. The Morgan fingerprint density at radius 1 is 1.35 bits per heavy atom. The van der Waals surface area contributed by atoms with Crippen LogP contribution in [0.15, 0.2) is 12.1 Å². The molecule has 4 rings (SSSR count). The Balaban J connectivity index is 1.67. The minimum Gasteiger partial charge on any atom is -0.399 e. The molecule has 0 aromatic heterocycles. The van der Waals surface area contributed by atoms with E-state index >= 15 is 0 Å². The molecule has 1 saturated heterocycles. The van der Waals surface area contributed by atoms with Gasteiger partial charge in [-0.15, -0.1) is 0 Å². The summed E-state index contributed by atoms with van der Waals surface area (Å²) >= 11 is 0. The van der Waals surface area contributed by atoms with E-state index in [9.17, 15) is 4.79 Å². The molecule has 1 unspecified atom stereocenters. The number of nitrogens with zero attached hydrogens (tertiary/aromatic N) is 3. The van der Waals surface area contributed by atoms with Gasteiger partial charge in [0.1, 0.15) is 0 Å². The minimum absolute atomic E-state index is 0.0284. The average Bonchev–Trinajstić information content (AvgIpc) is 2.95. The highest BCUT2D eigenvalue weighted by Gasteiger charge is 2.44. The van der Waals surface area contributed by atoms with Crippen LogP contribution in [-0.4, -0.2) is 55.1 Å². The quantitative estimate of drug-likeness (QED) is 0.817. The third kappa shape index (κ3) is 2.71. The van der Waals surface area contributed by atoms with Crippen molar-refractivity contribution in [2.45, 2.75) is 51.0 Å². The summed E-state index contributed by atoms with van der Waals surface area (Å²) < 4.78 is 0. The van der Waals surface area contributed by atoms with Crippen LogP contribution < -0.4 is 16.2 Å². The van der Waals surface area contributed by atoms with Crippen molar-refractivity contribution < 1.29 is 4.79 Å². The van der Waals surface area contributed by atoms with Gasteiger partial charge in [-0.25, -0.2) is 10.2 Å². The smallest absolute Gasteiger partial charge is 0.336 e. The molecule has 26 heavy (non-hydrogen) atoms. The van der Waals surface area contributed by atoms with Crippen molar-refractivity contribution in [3.63, 3.8) is 0 Å². The molecule has 2 heterocycles. The number of rotatable bonds is 3. The predicted molar refractivity (Wildman–Crippen MR) is 105 cm³/mol. The normalized spacial score (nSPS) is 27.0. The minimum atomic E-state index is -0.0284. The van der Waals surface area contributed by atoms with Gasteiger partial charge in [-0.2, -0.15) is 0 Å². The van der Waals surface area contributed by atoms with E-state index < -0.39 is 0 Å². The van der Waals surface area contributed by atoms with Crippen molar-refractivity contribution in [1.29, 1.82) is 0 Å². The number of carbonyl (C=O) groups excluding carboxylic acids is 1. The monoisotopic (exact) mass is 357 g/mol. The second-order valence-corrected chi connectivity index (χ2v) is 7.97. The fraction of sp³-hybridized carbons (Fsp3) is 0.650. The lowest BCUT2D eigenvalue weighted by molar-refractivity contribution is 0.136. The molecule has 0 radical (unpaired) electrons. The fourth-order valence-electron chi connectivity index (χ4n) is 5.29. The molecule has 3 atom stereocenters. The van der Waals surface area contributed by atoms with E-state index in [1.165, 1.54) is 36.9 Å². The second kappa shape index (κ2) is 6.65. The number of fused-ring (bicyclic) bond motifs is 2. The molecular weight excluding hydrogens is 326 g/mol. The molecule has 1 fully saturated rings. The summed E-state index contributed by atoms with van der Waals surface area (Å²) in [5.41, 5.74) is 14.2. The summed E-state index contributed by atoms with van der Waals surface area (Å²) in [5.74, 6) is 1.04. The second-order valence-electron chi connectivity index (χ2n) is 7.97. The van der Waals surface area contributed by atoms with E-state index in [2.05, 4.69) is 23.4 Å². The predicted octanol–water partition coefficient (Wildman–Crippen LogP) is 2.72. The zero-order valence-corrected chi connectivity index (χ0v) is 16.2. The number of hydrogen-bond acceptors (Lipinski definition) is 4. The highest BCUT2D eigenvalue weighted by atomic mass is 16.2. The van der Waals surface area contributed by atoms with E-state index in [1.807, 2.05) is 29.8 Å². The van der Waals surface area contributed by atoms with E-state index in [0.717, 1.165) is 17.9 Å². The number of nitrogens with one attached hydrogen (secondary N) is 1. The molecule has 2 aliphatic heterocycles. The lowest BCUT2D eigenvalue weighted by Crippen LogP contribution is -2.49. The van der Waals surface area contributed by atoms with Gasteiger partial charge in [0, 0.05) is 37.3 Å². The van der Waals surface area contributed by atoms with Gasteiger partial charge in [0.05, 0.1) is 5.69 Å². The van der Waals surface area contributed by atoms with Gasteiger partial charge in [0.15, 0.2) is 0 Å². The first-order chi connectivity index (χ1) is 12.5. The summed E-state index contributed by atoms with van der Waals surface area (Å²) in [4.78, 5) is 16.9. The highest BCUT2D eigenvalue weighted by Crippen LogP contribution is 2.52. The van der Waals surface area contributed by atoms with Crippen LogP contribution in [0, 0.1) is 0 Å². The average molecular weight is 358 g/mol. The third-order valence-corrected chi connectivity index (χ3v) is 6.58. The largest absolute Gasteiger partial charge is 0.399 e. The van der Waals surface area contributed by atoms with Crippen molar-refractivity contribution in [1.82, 2.24) is 15.2 Å². The molecule has 6 nitrogen and oxygen atoms in total. The number of carbonyl (C=O) groups is 1. The number of nitrogens with two attached hydrogens (primary N) is 1. The van der Waals surface area contributed by atoms with Gasteiger partial charge in [-0.05, 0) is 75.9 Å². The summed E-state index contributed by atoms with van der Waals surface area (Å²) in [6.07, 6.45) is 3.65. The number of hydrogen-bond donors (Lipinski definition) is 2. The van der Waals surface area contributed by atoms with Crippen molar-refractivity contribution in [2.75, 3.05) is 44.0 Å². The zero-order chi connectivity index (χ0) is 18.4. The number of urea groups is 1. The molecular formula is C20H31N5O. The SMILES string of the molecule is CCN(CC)C(=O)NN1CC2C[C@@H]3[C@H](CCCN3C)c3cc(N)cc1c32. The number of hydrazine groups is 1. The first-order valence-electron chi connectivity index (χ1n) is 10.00. The lowest BCUT2D eigenvalue weighted by Gasteiger charge is -2.44. The Bertz CT molecular complexity index is 702. The topological polar surface area (TPSA) is 64.8 Å². The maximum Gasteiger partial charge on any atom is 0.336 e. The summed E-state index contributed by atoms with van der Waals surface area (Å²) in [5, 5.41) is 2.04. The number of piperidine rings is 1. The number of benzene rings is 1. The molecule has 2 amide bonds. The highest BCUT2D eigenvalue weighted by molar-refractivity contribution is 5.79. The molecule has 1 aromatic rings. The van der Waals surface area contributed by atoms with E-state index in [-0.39, 0.29) is 6.03 Å². The Kier molecular flexibility index (Phi) is 4.47. The van der Waals surface area contributed by atoms with Gasteiger partial charge in [-0.3, -0.25) is 5.01 Å². The first-order valence-corrected chi connectivity index (χ1v) is 10.00. The molecule has 142 valence electrons. The Hall–Kier alpha value is -1.95. The van der Waals surface area contributed by atoms with Crippen LogP contribution in [0.1, 0.15) is 56.1 Å². The Morgan fingerprint density at radius 2 is 2.12 bits per heavy atom. The number of likely N-dealkylation sites (tertiary alicyclic amines) is 1. The molecule has 0 bridgehead atoms. The van der Waals surface area contributed by atoms with Crippen LogP contribution in [0.25, 0.3) is 0 Å². The van der Waals surface area contributed by atoms with Crippen molar-refractivity contribution in [2.24, 2.45) is 0 Å². The standard InChI is InChI=1S/C20H31N5O/c1-4-24(5-2)20(26)22-25-12-13-9-17-15(7-6-8-23(17)3)16-10-14(21)11-18(25)19(13)16/h10-11,13,15,17H,4-9,12,21H2,1-3H3,(H,22,26)/t13?,15-,17-/m1/s1. The lowest BCUT2D eigenvalue weighted by atomic mass is 9.70. The maximum atomic E-state index is 12.6. The molecule has 0 saturated carbocycles. The van der Waals surface area contributed by atoms with E-state index in [0.29, 0.717) is 31.0 Å². The number of likely N-dealkylation sites (N-methyl/N-ethyl adjacent to an activating group) is 1. The third-order valence-electron chi connectivity index (χ3n) is 6.58. The van der Waals surface area contributed by atoms with Crippen LogP contribution in [0.5, 0.6) is 0 Å². The fourth-order valence-corrected chi connectivity index (χ4v) is 5.29.